The molecule has 7 heteroatoms. The van der Waals surface area contributed by atoms with Crippen LogP contribution < -0.4 is 5.43 Å². The van der Waals surface area contributed by atoms with Gasteiger partial charge in [-0.05, 0) is 6.07 Å². The van der Waals surface area contributed by atoms with Crippen LogP contribution in [0.1, 0.15) is 32.2 Å². The molecule has 3 aromatic heterocycles. The van der Waals surface area contributed by atoms with Crippen molar-refractivity contribution in [3.63, 3.8) is 0 Å². The molecule has 0 saturated carbocycles. The Bertz CT molecular complexity index is 1050. The fourth-order valence-corrected chi connectivity index (χ4v) is 3.23. The van der Waals surface area contributed by atoms with Gasteiger partial charge >= 0.3 is 0 Å². The predicted molar refractivity (Wildman–Crippen MR) is 93.0 cm³/mol. The van der Waals surface area contributed by atoms with Gasteiger partial charge in [0.2, 0.25) is 0 Å². The molecule has 0 amide bonds. The van der Waals surface area contributed by atoms with Crippen molar-refractivity contribution in [2.24, 2.45) is 7.05 Å². The quantitative estimate of drug-likeness (QED) is 0.736. The summed E-state index contributed by atoms with van der Waals surface area (Å²) in [7, 11) is 1.78. The van der Waals surface area contributed by atoms with E-state index in [1.807, 2.05) is 26.8 Å². The summed E-state index contributed by atoms with van der Waals surface area (Å²) < 4.78 is 1.66. The average Bonchev–Trinajstić information content (AvgIpc) is 2.81. The minimum Gasteiger partial charge on any atom is -0.353 e. The van der Waals surface area contributed by atoms with Crippen molar-refractivity contribution in [3.05, 3.63) is 45.0 Å². The lowest BCUT2D eigenvalue weighted by molar-refractivity contribution is 0.553. The van der Waals surface area contributed by atoms with Gasteiger partial charge in [-0.2, -0.15) is 10.4 Å². The van der Waals surface area contributed by atoms with Crippen molar-refractivity contribution in [1.82, 2.24) is 19.7 Å². The van der Waals surface area contributed by atoms with Crippen LogP contribution in [0.15, 0.2) is 23.1 Å². The van der Waals surface area contributed by atoms with Crippen LogP contribution in [0.3, 0.4) is 0 Å². The SMILES string of the molecule is Cn1nc(C(C)(C)C)c(Cl)c1-c1cc(=O)c2c(C#N)nccc2[nH]1. The van der Waals surface area contributed by atoms with E-state index in [0.29, 0.717) is 21.9 Å². The number of nitrogens with zero attached hydrogens (tertiary/aromatic N) is 4. The van der Waals surface area contributed by atoms with Crippen LogP contribution in [-0.4, -0.2) is 19.7 Å². The van der Waals surface area contributed by atoms with Gasteiger partial charge in [-0.1, -0.05) is 32.4 Å². The van der Waals surface area contributed by atoms with Crippen molar-refractivity contribution in [1.29, 1.82) is 5.26 Å². The number of fused-ring (bicyclic) bond motifs is 1. The van der Waals surface area contributed by atoms with E-state index in [1.165, 1.54) is 12.3 Å². The second kappa shape index (κ2) is 5.46. The van der Waals surface area contributed by atoms with Gasteiger partial charge in [0.05, 0.1) is 27.3 Å². The zero-order chi connectivity index (χ0) is 17.6. The Balaban J connectivity index is 2.32. The van der Waals surface area contributed by atoms with Crippen molar-refractivity contribution < 1.29 is 0 Å². The van der Waals surface area contributed by atoms with Gasteiger partial charge in [0.1, 0.15) is 11.8 Å². The third-order valence-corrected chi connectivity index (χ3v) is 4.16. The number of hydrogen-bond acceptors (Lipinski definition) is 4. The highest BCUT2D eigenvalue weighted by Crippen LogP contribution is 2.35. The smallest absolute Gasteiger partial charge is 0.193 e. The Hall–Kier alpha value is -2.65. The van der Waals surface area contributed by atoms with E-state index >= 15 is 0 Å². The van der Waals surface area contributed by atoms with E-state index < -0.39 is 0 Å². The molecule has 0 atom stereocenters. The van der Waals surface area contributed by atoms with Crippen molar-refractivity contribution >= 4 is 22.5 Å². The summed E-state index contributed by atoms with van der Waals surface area (Å²) >= 11 is 6.54. The summed E-state index contributed by atoms with van der Waals surface area (Å²) in [6, 6.07) is 5.04. The number of aromatic amines is 1. The van der Waals surface area contributed by atoms with Crippen LogP contribution in [0, 0.1) is 11.3 Å². The predicted octanol–water partition coefficient (Wildman–Crippen LogP) is 3.15. The Labute approximate surface area is 143 Å². The van der Waals surface area contributed by atoms with Crippen molar-refractivity contribution in [2.45, 2.75) is 26.2 Å². The van der Waals surface area contributed by atoms with Gasteiger partial charge in [0.25, 0.3) is 0 Å². The molecule has 0 fully saturated rings. The third kappa shape index (κ3) is 2.47. The monoisotopic (exact) mass is 341 g/mol. The van der Waals surface area contributed by atoms with Gasteiger partial charge in [-0.15, -0.1) is 0 Å². The second-order valence-electron chi connectivity index (χ2n) is 6.63. The molecule has 3 aromatic rings. The summed E-state index contributed by atoms with van der Waals surface area (Å²) in [4.78, 5) is 19.6. The lowest BCUT2D eigenvalue weighted by Gasteiger charge is -2.15. The summed E-state index contributed by atoms with van der Waals surface area (Å²) in [6.45, 7) is 6.08. The van der Waals surface area contributed by atoms with Gasteiger partial charge < -0.3 is 4.98 Å². The zero-order valence-corrected chi connectivity index (χ0v) is 14.6. The maximum Gasteiger partial charge on any atom is 0.193 e. The Morgan fingerprint density at radius 3 is 2.67 bits per heavy atom. The number of pyridine rings is 2. The van der Waals surface area contributed by atoms with Gasteiger partial charge in [0.15, 0.2) is 11.1 Å². The maximum atomic E-state index is 12.5. The van der Waals surface area contributed by atoms with Gasteiger partial charge in [-0.3, -0.25) is 9.48 Å². The Morgan fingerprint density at radius 1 is 1.38 bits per heavy atom. The lowest BCUT2D eigenvalue weighted by Crippen LogP contribution is -2.12. The molecule has 0 radical (unpaired) electrons. The molecule has 0 unspecified atom stereocenters. The number of hydrogen-bond donors (Lipinski definition) is 1. The molecule has 0 aliphatic rings. The van der Waals surface area contributed by atoms with Crippen LogP contribution in [0.4, 0.5) is 0 Å². The van der Waals surface area contributed by atoms with E-state index in [0.717, 1.165) is 5.69 Å². The number of halogens is 1. The van der Waals surface area contributed by atoms with E-state index in [1.54, 1.807) is 17.8 Å². The number of rotatable bonds is 1. The molecular weight excluding hydrogens is 326 g/mol. The normalized spacial score (nSPS) is 11.7. The summed E-state index contributed by atoms with van der Waals surface area (Å²) in [5.41, 5.74) is 2.09. The molecule has 0 spiro atoms. The molecule has 3 rings (SSSR count). The molecule has 6 nitrogen and oxygen atoms in total. The first-order valence-corrected chi connectivity index (χ1v) is 7.77. The molecular formula is C17H16ClN5O. The Morgan fingerprint density at radius 2 is 2.08 bits per heavy atom. The summed E-state index contributed by atoms with van der Waals surface area (Å²) in [5.74, 6) is 0. The van der Waals surface area contributed by atoms with Gasteiger partial charge in [0, 0.05) is 24.7 Å². The van der Waals surface area contributed by atoms with Crippen molar-refractivity contribution in [3.8, 4) is 17.5 Å². The molecule has 0 saturated heterocycles. The van der Waals surface area contributed by atoms with Crippen LogP contribution in [0.5, 0.6) is 0 Å². The largest absolute Gasteiger partial charge is 0.353 e. The molecule has 24 heavy (non-hydrogen) atoms. The first-order chi connectivity index (χ1) is 11.2. The second-order valence-corrected chi connectivity index (χ2v) is 7.00. The van der Waals surface area contributed by atoms with Gasteiger partial charge in [-0.25, -0.2) is 4.98 Å². The molecule has 1 N–H and O–H groups in total. The van der Waals surface area contributed by atoms with Crippen molar-refractivity contribution in [2.75, 3.05) is 0 Å². The molecule has 122 valence electrons. The highest BCUT2D eigenvalue weighted by molar-refractivity contribution is 6.33. The fraction of sp³-hybridized carbons (Fsp3) is 0.294. The number of aromatic nitrogens is 4. The van der Waals surface area contributed by atoms with E-state index in [-0.39, 0.29) is 21.9 Å². The van der Waals surface area contributed by atoms with E-state index in [4.69, 9.17) is 16.9 Å². The summed E-state index contributed by atoms with van der Waals surface area (Å²) in [5, 5.41) is 14.4. The molecule has 0 aliphatic carbocycles. The number of nitriles is 1. The van der Waals surface area contributed by atoms with E-state index in [2.05, 4.69) is 15.1 Å². The molecule has 0 aliphatic heterocycles. The first kappa shape index (κ1) is 16.2. The highest BCUT2D eigenvalue weighted by atomic mass is 35.5. The van der Waals surface area contributed by atoms with Crippen LogP contribution in [-0.2, 0) is 12.5 Å². The zero-order valence-electron chi connectivity index (χ0n) is 13.8. The highest BCUT2D eigenvalue weighted by Gasteiger charge is 2.26. The maximum absolute atomic E-state index is 12.5. The first-order valence-electron chi connectivity index (χ1n) is 7.39. The number of H-pyrrole nitrogens is 1. The summed E-state index contributed by atoms with van der Waals surface area (Å²) in [6.07, 6.45) is 1.49. The molecule has 0 bridgehead atoms. The average molecular weight is 342 g/mol. The minimum absolute atomic E-state index is 0.104. The topological polar surface area (TPSA) is 87.4 Å². The molecule has 3 heterocycles. The third-order valence-electron chi connectivity index (χ3n) is 3.80. The fourth-order valence-electron chi connectivity index (χ4n) is 2.68. The Kier molecular flexibility index (Phi) is 3.69. The minimum atomic E-state index is -0.280. The molecule has 0 aromatic carbocycles. The standard InChI is InChI=1S/C17H16ClN5O/c1-17(2,3)16-14(18)15(23(4)22-16)10-7-12(24)13-9(21-10)5-6-20-11(13)8-19/h5-7H,1-4H3,(H,21,24). The number of aryl methyl sites for hydroxylation is 1. The lowest BCUT2D eigenvalue weighted by atomic mass is 9.92. The van der Waals surface area contributed by atoms with E-state index in [9.17, 15) is 4.79 Å². The van der Waals surface area contributed by atoms with Crippen LogP contribution in [0.25, 0.3) is 22.3 Å². The van der Waals surface area contributed by atoms with Crippen LogP contribution >= 0.6 is 11.6 Å². The van der Waals surface area contributed by atoms with Crippen LogP contribution in [0.2, 0.25) is 5.02 Å². The number of nitrogens with one attached hydrogen (secondary N) is 1.